The van der Waals surface area contributed by atoms with Gasteiger partial charge in [-0.05, 0) is 55.7 Å². The minimum absolute atomic E-state index is 0.0983. The average molecular weight is 367 g/mol. The number of guanidine groups is 1. The summed E-state index contributed by atoms with van der Waals surface area (Å²) in [5.74, 6) is -0.389. The normalized spacial score (nSPS) is 17.2. The summed E-state index contributed by atoms with van der Waals surface area (Å²) in [5.41, 5.74) is 0.719. The third-order valence-corrected chi connectivity index (χ3v) is 5.10. The summed E-state index contributed by atoms with van der Waals surface area (Å²) < 4.78 is 26.5. The summed E-state index contributed by atoms with van der Waals surface area (Å²) in [5, 5.41) is 15.9. The number of aliphatic hydroxyl groups is 1. The van der Waals surface area contributed by atoms with Crippen molar-refractivity contribution >= 4 is 5.96 Å². The van der Waals surface area contributed by atoms with Crippen LogP contribution in [0.1, 0.15) is 51.0 Å². The molecule has 0 amide bonds. The lowest BCUT2D eigenvalue weighted by molar-refractivity contribution is 0.137. The molecule has 1 saturated carbocycles. The molecule has 0 aromatic heterocycles. The SMILES string of the molecule is CCNC(=NCC1(CCO)CCCCC1)NCCc1cc(F)cc(F)c1. The monoisotopic (exact) mass is 367 g/mol. The number of halogens is 2. The predicted molar refractivity (Wildman–Crippen MR) is 101 cm³/mol. The molecular weight excluding hydrogens is 336 g/mol. The van der Waals surface area contributed by atoms with E-state index in [0.29, 0.717) is 31.0 Å². The van der Waals surface area contributed by atoms with Gasteiger partial charge in [-0.3, -0.25) is 4.99 Å². The van der Waals surface area contributed by atoms with Gasteiger partial charge in [-0.2, -0.15) is 0 Å². The molecular formula is C20H31F2N3O. The molecule has 1 aromatic carbocycles. The van der Waals surface area contributed by atoms with Crippen molar-refractivity contribution in [2.75, 3.05) is 26.2 Å². The van der Waals surface area contributed by atoms with E-state index in [-0.39, 0.29) is 12.0 Å². The second kappa shape index (κ2) is 10.5. The summed E-state index contributed by atoms with van der Waals surface area (Å²) >= 11 is 0. The lowest BCUT2D eigenvalue weighted by atomic mass is 9.72. The topological polar surface area (TPSA) is 56.7 Å². The van der Waals surface area contributed by atoms with Gasteiger partial charge in [0.25, 0.3) is 0 Å². The molecule has 0 radical (unpaired) electrons. The Bertz CT molecular complexity index is 561. The van der Waals surface area contributed by atoms with Gasteiger partial charge in [-0.1, -0.05) is 19.3 Å². The van der Waals surface area contributed by atoms with E-state index in [9.17, 15) is 13.9 Å². The zero-order chi connectivity index (χ0) is 18.8. The van der Waals surface area contributed by atoms with Crippen LogP contribution in [0.4, 0.5) is 8.78 Å². The first-order valence-electron chi connectivity index (χ1n) is 9.65. The van der Waals surface area contributed by atoms with E-state index in [1.54, 1.807) is 0 Å². The maximum absolute atomic E-state index is 13.3. The fourth-order valence-electron chi connectivity index (χ4n) is 3.70. The Morgan fingerprint density at radius 3 is 2.42 bits per heavy atom. The zero-order valence-corrected chi connectivity index (χ0v) is 15.7. The fraction of sp³-hybridized carbons (Fsp3) is 0.650. The van der Waals surface area contributed by atoms with Crippen LogP contribution >= 0.6 is 0 Å². The van der Waals surface area contributed by atoms with Crippen LogP contribution in [0.5, 0.6) is 0 Å². The summed E-state index contributed by atoms with van der Waals surface area (Å²) in [7, 11) is 0. The highest BCUT2D eigenvalue weighted by molar-refractivity contribution is 5.79. The molecule has 3 N–H and O–H groups in total. The molecule has 0 atom stereocenters. The quantitative estimate of drug-likeness (QED) is 0.488. The number of rotatable bonds is 8. The number of hydrogen-bond acceptors (Lipinski definition) is 2. The Hall–Kier alpha value is -1.69. The highest BCUT2D eigenvalue weighted by Crippen LogP contribution is 2.39. The van der Waals surface area contributed by atoms with Crippen LogP contribution in [0.2, 0.25) is 0 Å². The lowest BCUT2D eigenvalue weighted by Crippen LogP contribution is -2.40. The van der Waals surface area contributed by atoms with E-state index in [0.717, 1.165) is 31.9 Å². The molecule has 1 aliphatic carbocycles. The second-order valence-electron chi connectivity index (χ2n) is 7.18. The first-order chi connectivity index (χ1) is 12.6. The van der Waals surface area contributed by atoms with E-state index in [1.807, 2.05) is 6.92 Å². The van der Waals surface area contributed by atoms with Crippen molar-refractivity contribution in [3.63, 3.8) is 0 Å². The van der Waals surface area contributed by atoms with Gasteiger partial charge < -0.3 is 15.7 Å². The van der Waals surface area contributed by atoms with Gasteiger partial charge in [0, 0.05) is 32.3 Å². The van der Waals surface area contributed by atoms with E-state index in [1.165, 1.54) is 31.4 Å². The molecule has 4 nitrogen and oxygen atoms in total. The molecule has 0 bridgehead atoms. The van der Waals surface area contributed by atoms with Gasteiger partial charge >= 0.3 is 0 Å². The number of nitrogens with one attached hydrogen (secondary N) is 2. The van der Waals surface area contributed by atoms with Gasteiger partial charge in [0.2, 0.25) is 0 Å². The summed E-state index contributed by atoms with van der Waals surface area (Å²) in [6, 6.07) is 3.59. The molecule has 0 spiro atoms. The van der Waals surface area contributed by atoms with Crippen molar-refractivity contribution in [3.05, 3.63) is 35.4 Å². The molecule has 1 fully saturated rings. The Morgan fingerprint density at radius 1 is 1.12 bits per heavy atom. The van der Waals surface area contributed by atoms with E-state index < -0.39 is 11.6 Å². The van der Waals surface area contributed by atoms with Gasteiger partial charge in [-0.25, -0.2) is 8.78 Å². The Balaban J connectivity index is 1.92. The van der Waals surface area contributed by atoms with E-state index >= 15 is 0 Å². The maximum Gasteiger partial charge on any atom is 0.191 e. The predicted octanol–water partition coefficient (Wildman–Crippen LogP) is 3.40. The number of aliphatic hydroxyl groups excluding tert-OH is 1. The van der Waals surface area contributed by atoms with E-state index in [4.69, 9.17) is 4.99 Å². The van der Waals surface area contributed by atoms with Gasteiger partial charge in [0.15, 0.2) is 5.96 Å². The standard InChI is InChI=1S/C20H31F2N3O/c1-2-23-19(24-10-6-16-12-17(21)14-18(22)13-16)25-15-20(9-11-26)7-4-3-5-8-20/h12-14,26H,2-11,15H2,1H3,(H2,23,24,25). The third-order valence-electron chi connectivity index (χ3n) is 5.10. The van der Waals surface area contributed by atoms with E-state index in [2.05, 4.69) is 10.6 Å². The fourth-order valence-corrected chi connectivity index (χ4v) is 3.70. The van der Waals surface area contributed by atoms with Crippen LogP contribution in [0.15, 0.2) is 23.2 Å². The van der Waals surface area contributed by atoms with Crippen molar-refractivity contribution in [3.8, 4) is 0 Å². The number of aliphatic imine (C=N–C) groups is 1. The van der Waals surface area contributed by atoms with Gasteiger partial charge in [0.05, 0.1) is 0 Å². The molecule has 0 unspecified atom stereocenters. The first kappa shape index (κ1) is 20.6. The van der Waals surface area contributed by atoms with Crippen molar-refractivity contribution in [1.29, 1.82) is 0 Å². The van der Waals surface area contributed by atoms with Crippen molar-refractivity contribution in [1.82, 2.24) is 10.6 Å². The Morgan fingerprint density at radius 2 is 1.81 bits per heavy atom. The average Bonchev–Trinajstić information content (AvgIpc) is 2.60. The van der Waals surface area contributed by atoms with Crippen molar-refractivity contribution < 1.29 is 13.9 Å². The molecule has 0 aliphatic heterocycles. The van der Waals surface area contributed by atoms with Crippen LogP contribution < -0.4 is 10.6 Å². The maximum atomic E-state index is 13.3. The number of hydrogen-bond donors (Lipinski definition) is 3. The second-order valence-corrected chi connectivity index (χ2v) is 7.18. The van der Waals surface area contributed by atoms with Crippen LogP contribution in [0, 0.1) is 17.0 Å². The molecule has 6 heteroatoms. The zero-order valence-electron chi connectivity index (χ0n) is 15.7. The van der Waals surface area contributed by atoms with Crippen LogP contribution in [-0.4, -0.2) is 37.3 Å². The third kappa shape index (κ3) is 6.56. The molecule has 1 aromatic rings. The Kier molecular flexibility index (Phi) is 8.29. The largest absolute Gasteiger partial charge is 0.396 e. The minimum Gasteiger partial charge on any atom is -0.396 e. The summed E-state index contributed by atoms with van der Waals surface area (Å²) in [6.07, 6.45) is 7.19. The highest BCUT2D eigenvalue weighted by atomic mass is 19.1. The smallest absolute Gasteiger partial charge is 0.191 e. The van der Waals surface area contributed by atoms with Gasteiger partial charge in [0.1, 0.15) is 11.6 Å². The van der Waals surface area contributed by atoms with Crippen molar-refractivity contribution in [2.45, 2.75) is 51.9 Å². The van der Waals surface area contributed by atoms with Crippen LogP contribution in [-0.2, 0) is 6.42 Å². The highest BCUT2D eigenvalue weighted by Gasteiger charge is 2.31. The number of benzene rings is 1. The first-order valence-corrected chi connectivity index (χ1v) is 9.65. The molecule has 0 saturated heterocycles. The molecule has 0 heterocycles. The number of nitrogens with zero attached hydrogens (tertiary/aromatic N) is 1. The Labute approximate surface area is 155 Å². The molecule has 1 aliphatic rings. The lowest BCUT2D eigenvalue weighted by Gasteiger charge is -2.35. The van der Waals surface area contributed by atoms with Crippen molar-refractivity contribution in [2.24, 2.45) is 10.4 Å². The van der Waals surface area contributed by atoms with Crippen LogP contribution in [0.3, 0.4) is 0 Å². The van der Waals surface area contributed by atoms with Gasteiger partial charge in [-0.15, -0.1) is 0 Å². The van der Waals surface area contributed by atoms with Crippen LogP contribution in [0.25, 0.3) is 0 Å². The minimum atomic E-state index is -0.552. The molecule has 146 valence electrons. The molecule has 2 rings (SSSR count). The summed E-state index contributed by atoms with van der Waals surface area (Å²) in [6.45, 7) is 4.18. The summed E-state index contributed by atoms with van der Waals surface area (Å²) in [4.78, 5) is 4.73. The molecule has 26 heavy (non-hydrogen) atoms.